The fourth-order valence-corrected chi connectivity index (χ4v) is 5.55. The summed E-state index contributed by atoms with van der Waals surface area (Å²) in [6.45, 7) is 1.37. The van der Waals surface area contributed by atoms with Gasteiger partial charge in [-0.3, -0.25) is 4.79 Å². The zero-order valence-corrected chi connectivity index (χ0v) is 19.9. The number of aryl methyl sites for hydroxylation is 1. The Labute approximate surface area is 202 Å². The Balaban J connectivity index is 0.000000318. The molecule has 1 fully saturated rings. The molecule has 1 saturated heterocycles. The van der Waals surface area contributed by atoms with Gasteiger partial charge in [0.1, 0.15) is 5.82 Å². The fourth-order valence-electron chi connectivity index (χ4n) is 4.18. The number of benzene rings is 1. The molecule has 8 heteroatoms. The van der Waals surface area contributed by atoms with Gasteiger partial charge in [-0.25, -0.2) is 4.98 Å². The van der Waals surface area contributed by atoms with Crippen LogP contribution in [-0.4, -0.2) is 35.2 Å². The molecule has 6 nitrogen and oxygen atoms in total. The number of aromatic nitrogens is 1. The van der Waals surface area contributed by atoms with Gasteiger partial charge < -0.3 is 21.3 Å². The van der Waals surface area contributed by atoms with Crippen LogP contribution in [0.5, 0.6) is 0 Å². The van der Waals surface area contributed by atoms with Crippen molar-refractivity contribution in [1.29, 1.82) is 0 Å². The molecule has 33 heavy (non-hydrogen) atoms. The van der Waals surface area contributed by atoms with Crippen molar-refractivity contribution in [3.8, 4) is 11.1 Å². The Morgan fingerprint density at radius 3 is 2.58 bits per heavy atom. The summed E-state index contributed by atoms with van der Waals surface area (Å²) in [5.74, 6) is 0.399. The largest absolute Gasteiger partial charge is 0.391 e. The number of fused-ring (bicyclic) bond motifs is 1. The van der Waals surface area contributed by atoms with Crippen LogP contribution in [0.4, 0.5) is 10.8 Å². The first kappa shape index (κ1) is 23.7. The van der Waals surface area contributed by atoms with Gasteiger partial charge in [0.15, 0.2) is 5.78 Å². The molecule has 2 aliphatic rings. The number of pyridine rings is 1. The van der Waals surface area contributed by atoms with E-state index in [0.717, 1.165) is 55.4 Å². The molecule has 174 valence electrons. The number of nitrogens with zero attached hydrogens (tertiary/aromatic N) is 1. The molecule has 1 aromatic carbocycles. The first-order chi connectivity index (χ1) is 15.9. The maximum Gasteiger partial charge on any atom is 0.196 e. The average Bonchev–Trinajstić information content (AvgIpc) is 3.17. The van der Waals surface area contributed by atoms with Crippen LogP contribution < -0.4 is 11.5 Å². The lowest BCUT2D eigenvalue weighted by molar-refractivity contribution is -0.00535. The number of aliphatic hydroxyl groups excluding tert-OH is 1. The average molecular weight is 486 g/mol. The van der Waals surface area contributed by atoms with E-state index in [-0.39, 0.29) is 11.9 Å². The molecule has 0 amide bonds. The second-order valence-corrected chi connectivity index (χ2v) is 9.86. The van der Waals surface area contributed by atoms with Gasteiger partial charge in [0.2, 0.25) is 0 Å². The highest BCUT2D eigenvalue weighted by Crippen LogP contribution is 2.38. The molecule has 3 aromatic rings. The number of thiophene rings is 1. The summed E-state index contributed by atoms with van der Waals surface area (Å²) in [4.78, 5) is 18.3. The standard InChI is InChI=1S/C20H18ClN3OS.C5H10O2/c21-15-10-24-17(22)9-14(15)11-5-7-12(8-6-11)19(25)18-13-3-1-2-4-16(13)26-20(18)23;6-5-2-1-3-7-4-5/h5-10H,1-4,23H2,(H2,22,24);5-6H,1-4H2. The number of rotatable bonds is 3. The molecule has 1 aliphatic carbocycles. The third-order valence-electron chi connectivity index (χ3n) is 5.90. The number of halogens is 1. The van der Waals surface area contributed by atoms with Crippen molar-refractivity contribution in [3.05, 3.63) is 63.1 Å². The zero-order valence-electron chi connectivity index (χ0n) is 18.4. The predicted molar refractivity (Wildman–Crippen MR) is 134 cm³/mol. The number of hydrogen-bond acceptors (Lipinski definition) is 7. The molecule has 2 aromatic heterocycles. The van der Waals surface area contributed by atoms with E-state index in [1.54, 1.807) is 17.4 Å². The lowest BCUT2D eigenvalue weighted by Gasteiger charge is -2.15. The van der Waals surface area contributed by atoms with Gasteiger partial charge in [0.25, 0.3) is 0 Å². The maximum atomic E-state index is 13.0. The first-order valence-electron chi connectivity index (χ1n) is 11.2. The number of ether oxygens (including phenoxy) is 1. The van der Waals surface area contributed by atoms with Crippen LogP contribution in [0.15, 0.2) is 36.5 Å². The minimum absolute atomic E-state index is 0.00575. The molecule has 1 unspecified atom stereocenters. The Hall–Kier alpha value is -2.45. The van der Waals surface area contributed by atoms with E-state index in [1.165, 1.54) is 17.5 Å². The number of ketones is 1. The molecule has 0 saturated carbocycles. The fraction of sp³-hybridized carbons (Fsp3) is 0.360. The van der Waals surface area contributed by atoms with E-state index in [9.17, 15) is 4.79 Å². The van der Waals surface area contributed by atoms with Crippen LogP contribution in [0.2, 0.25) is 5.02 Å². The van der Waals surface area contributed by atoms with Crippen LogP contribution in [0.1, 0.15) is 52.0 Å². The van der Waals surface area contributed by atoms with Crippen molar-refractivity contribution < 1.29 is 14.6 Å². The number of nitrogens with two attached hydrogens (primary N) is 2. The summed E-state index contributed by atoms with van der Waals surface area (Å²) in [6, 6.07) is 9.12. The number of carbonyl (C=O) groups excluding carboxylic acids is 1. The summed E-state index contributed by atoms with van der Waals surface area (Å²) in [5, 5.41) is 9.94. The van der Waals surface area contributed by atoms with Crippen molar-refractivity contribution in [2.75, 3.05) is 24.7 Å². The number of hydrogen-bond donors (Lipinski definition) is 3. The smallest absolute Gasteiger partial charge is 0.196 e. The predicted octanol–water partition coefficient (Wildman–Crippen LogP) is 4.90. The summed E-state index contributed by atoms with van der Waals surface area (Å²) in [5.41, 5.74) is 16.1. The molecule has 0 radical (unpaired) electrons. The Morgan fingerprint density at radius 1 is 1.15 bits per heavy atom. The highest BCUT2D eigenvalue weighted by Gasteiger charge is 2.24. The third kappa shape index (κ3) is 5.55. The Kier molecular flexibility index (Phi) is 7.65. The lowest BCUT2D eigenvalue weighted by atomic mass is 9.91. The molecule has 5 rings (SSSR count). The number of anilines is 2. The minimum Gasteiger partial charge on any atom is -0.391 e. The van der Waals surface area contributed by atoms with Crippen LogP contribution in [0.3, 0.4) is 0 Å². The zero-order chi connectivity index (χ0) is 23.4. The van der Waals surface area contributed by atoms with E-state index < -0.39 is 0 Å². The van der Waals surface area contributed by atoms with Crippen LogP contribution in [0, 0.1) is 0 Å². The molecular formula is C25H28ClN3O3S. The minimum atomic E-state index is -0.186. The molecule has 1 atom stereocenters. The van der Waals surface area contributed by atoms with Gasteiger partial charge in [-0.15, -0.1) is 11.3 Å². The SMILES string of the molecule is Nc1cc(-c2ccc(C(=O)c3c(N)sc4c3CCCC4)cc2)c(Cl)cn1.OC1CCCOC1. The molecule has 0 spiro atoms. The monoisotopic (exact) mass is 485 g/mol. The summed E-state index contributed by atoms with van der Waals surface area (Å²) in [6.07, 6.45) is 7.53. The first-order valence-corrected chi connectivity index (χ1v) is 12.4. The van der Waals surface area contributed by atoms with Crippen molar-refractivity contribution in [2.24, 2.45) is 0 Å². The van der Waals surface area contributed by atoms with Crippen molar-refractivity contribution in [3.63, 3.8) is 0 Å². The summed E-state index contributed by atoms with van der Waals surface area (Å²) in [7, 11) is 0. The molecule has 1 aliphatic heterocycles. The van der Waals surface area contributed by atoms with Crippen molar-refractivity contribution >= 4 is 39.5 Å². The molecule has 5 N–H and O–H groups in total. The summed E-state index contributed by atoms with van der Waals surface area (Å²) < 4.78 is 4.93. The van der Waals surface area contributed by atoms with Crippen molar-refractivity contribution in [2.45, 2.75) is 44.6 Å². The number of nitrogen functional groups attached to an aromatic ring is 2. The van der Waals surface area contributed by atoms with Crippen LogP contribution in [0.25, 0.3) is 11.1 Å². The number of aliphatic hydroxyl groups is 1. The second kappa shape index (κ2) is 10.7. The van der Waals surface area contributed by atoms with E-state index in [1.807, 2.05) is 24.3 Å². The second-order valence-electron chi connectivity index (χ2n) is 8.32. The highest BCUT2D eigenvalue weighted by atomic mass is 35.5. The van der Waals surface area contributed by atoms with E-state index in [0.29, 0.717) is 33.6 Å². The van der Waals surface area contributed by atoms with E-state index in [2.05, 4.69) is 4.98 Å². The van der Waals surface area contributed by atoms with Crippen molar-refractivity contribution in [1.82, 2.24) is 4.98 Å². The van der Waals surface area contributed by atoms with Gasteiger partial charge in [-0.1, -0.05) is 35.9 Å². The van der Waals surface area contributed by atoms with Gasteiger partial charge in [-0.05, 0) is 55.7 Å². The van der Waals surface area contributed by atoms with Gasteiger partial charge in [0, 0.05) is 28.8 Å². The van der Waals surface area contributed by atoms with Gasteiger partial charge in [-0.2, -0.15) is 0 Å². The Morgan fingerprint density at radius 2 is 1.91 bits per heavy atom. The lowest BCUT2D eigenvalue weighted by Crippen LogP contribution is -2.21. The summed E-state index contributed by atoms with van der Waals surface area (Å²) >= 11 is 7.78. The van der Waals surface area contributed by atoms with Crippen LogP contribution in [-0.2, 0) is 17.6 Å². The molecule has 3 heterocycles. The number of carbonyl (C=O) groups is 1. The van der Waals surface area contributed by atoms with E-state index >= 15 is 0 Å². The van der Waals surface area contributed by atoms with Crippen LogP contribution >= 0.6 is 22.9 Å². The maximum absolute atomic E-state index is 13.0. The van der Waals surface area contributed by atoms with E-state index in [4.69, 9.17) is 32.9 Å². The topological polar surface area (TPSA) is 111 Å². The van der Waals surface area contributed by atoms with Gasteiger partial charge >= 0.3 is 0 Å². The molecular weight excluding hydrogens is 458 g/mol. The molecule has 0 bridgehead atoms. The van der Waals surface area contributed by atoms with Gasteiger partial charge in [0.05, 0.1) is 28.3 Å². The normalized spacial score (nSPS) is 17.6. The third-order valence-corrected chi connectivity index (χ3v) is 7.32. The quantitative estimate of drug-likeness (QED) is 0.455. The highest BCUT2D eigenvalue weighted by molar-refractivity contribution is 7.16. The Bertz CT molecular complexity index is 1120.